The van der Waals surface area contributed by atoms with Crippen molar-refractivity contribution in [2.75, 3.05) is 0 Å². The van der Waals surface area contributed by atoms with Crippen LogP contribution in [0.5, 0.6) is 0 Å². The number of hydrogen-bond donors (Lipinski definition) is 1. The van der Waals surface area contributed by atoms with Gasteiger partial charge >= 0.3 is 0 Å². The minimum absolute atomic E-state index is 0.919. The summed E-state index contributed by atoms with van der Waals surface area (Å²) >= 11 is 0. The largest absolute Gasteiger partial charge is 0.454 e. The third-order valence-electron chi connectivity index (χ3n) is 6.91. The first-order chi connectivity index (χ1) is 16.4. The molecule has 0 unspecified atom stereocenters. The second-order valence-electron chi connectivity index (χ2n) is 8.69. The average Bonchev–Trinajstić information content (AvgIpc) is 3.52. The van der Waals surface area contributed by atoms with Crippen LogP contribution in [0.15, 0.2) is 108 Å². The van der Waals surface area contributed by atoms with Crippen molar-refractivity contribution in [3.8, 4) is 5.69 Å². The van der Waals surface area contributed by atoms with Gasteiger partial charge in [-0.1, -0.05) is 60.7 Å². The van der Waals surface area contributed by atoms with Gasteiger partial charge in [0.2, 0.25) is 0 Å². The van der Waals surface area contributed by atoms with E-state index < -0.39 is 0 Å². The molecule has 3 nitrogen and oxygen atoms in total. The molecular weight excluding hydrogens is 404 g/mol. The molecule has 8 aromatic rings. The minimum Gasteiger partial charge on any atom is -0.454 e. The lowest BCUT2D eigenvalue weighted by Gasteiger charge is -2.08. The van der Waals surface area contributed by atoms with Crippen molar-refractivity contribution in [1.29, 1.82) is 0 Å². The van der Waals surface area contributed by atoms with Gasteiger partial charge in [0.05, 0.1) is 11.0 Å². The smallest absolute Gasteiger partial charge is 0.160 e. The molecule has 0 radical (unpaired) electrons. The molecular formula is C30H18N2O. The van der Waals surface area contributed by atoms with Gasteiger partial charge in [0.15, 0.2) is 5.58 Å². The van der Waals surface area contributed by atoms with E-state index in [0.29, 0.717) is 0 Å². The lowest BCUT2D eigenvalue weighted by atomic mass is 10.1. The zero-order chi connectivity index (χ0) is 21.5. The number of aromatic nitrogens is 2. The summed E-state index contributed by atoms with van der Waals surface area (Å²) in [7, 11) is 0. The third-order valence-corrected chi connectivity index (χ3v) is 6.91. The molecule has 0 aliphatic rings. The Morgan fingerprint density at radius 2 is 1.30 bits per heavy atom. The van der Waals surface area contributed by atoms with Crippen LogP contribution in [0, 0.1) is 0 Å². The quantitative estimate of drug-likeness (QED) is 0.283. The average molecular weight is 422 g/mol. The highest BCUT2D eigenvalue weighted by Gasteiger charge is 2.20. The van der Waals surface area contributed by atoms with E-state index in [2.05, 4.69) is 101 Å². The molecule has 0 bridgehead atoms. The number of para-hydroxylation sites is 3. The highest BCUT2D eigenvalue weighted by molar-refractivity contribution is 6.24. The van der Waals surface area contributed by atoms with Crippen LogP contribution in [0.2, 0.25) is 0 Å². The SMILES string of the molecule is c1ccc(-n2c3cc4[nH]c5ccccc5c4cc3c3ccc4c5ccccc5oc4c32)cc1. The summed E-state index contributed by atoms with van der Waals surface area (Å²) in [6, 6.07) is 36.4. The Labute approximate surface area is 188 Å². The molecule has 0 amide bonds. The first kappa shape index (κ1) is 17.1. The van der Waals surface area contributed by atoms with E-state index in [1.54, 1.807) is 0 Å². The zero-order valence-electron chi connectivity index (χ0n) is 17.7. The summed E-state index contributed by atoms with van der Waals surface area (Å²) < 4.78 is 8.83. The van der Waals surface area contributed by atoms with Crippen LogP contribution in [0.25, 0.3) is 71.2 Å². The molecule has 3 heteroatoms. The fraction of sp³-hybridized carbons (Fsp3) is 0. The van der Waals surface area contributed by atoms with Gasteiger partial charge in [0.1, 0.15) is 5.58 Å². The second kappa shape index (κ2) is 6.05. The van der Waals surface area contributed by atoms with E-state index in [9.17, 15) is 0 Å². The Morgan fingerprint density at radius 3 is 2.21 bits per heavy atom. The maximum Gasteiger partial charge on any atom is 0.160 e. The summed E-state index contributed by atoms with van der Waals surface area (Å²) in [6.45, 7) is 0. The number of nitrogens with one attached hydrogen (secondary N) is 1. The monoisotopic (exact) mass is 422 g/mol. The highest BCUT2D eigenvalue weighted by Crippen LogP contribution is 2.42. The van der Waals surface area contributed by atoms with Crippen LogP contribution < -0.4 is 0 Å². The molecule has 0 aliphatic carbocycles. The Kier molecular flexibility index (Phi) is 3.14. The molecule has 33 heavy (non-hydrogen) atoms. The fourth-order valence-corrected chi connectivity index (χ4v) is 5.47. The molecule has 0 spiro atoms. The van der Waals surface area contributed by atoms with Crippen LogP contribution in [0.3, 0.4) is 0 Å². The predicted octanol–water partition coefficient (Wildman–Crippen LogP) is 8.32. The fourth-order valence-electron chi connectivity index (χ4n) is 5.47. The molecule has 3 heterocycles. The van der Waals surface area contributed by atoms with E-state index in [-0.39, 0.29) is 0 Å². The summed E-state index contributed by atoms with van der Waals surface area (Å²) in [6.07, 6.45) is 0. The van der Waals surface area contributed by atoms with Gasteiger partial charge in [-0.25, -0.2) is 0 Å². The normalized spacial score (nSPS) is 12.2. The number of aromatic amines is 1. The third kappa shape index (κ3) is 2.18. The van der Waals surface area contributed by atoms with Crippen molar-refractivity contribution in [2.24, 2.45) is 0 Å². The van der Waals surface area contributed by atoms with Crippen molar-refractivity contribution < 1.29 is 4.42 Å². The molecule has 0 aliphatic heterocycles. The van der Waals surface area contributed by atoms with Gasteiger partial charge in [0.25, 0.3) is 0 Å². The van der Waals surface area contributed by atoms with E-state index in [0.717, 1.165) is 44.2 Å². The lowest BCUT2D eigenvalue weighted by molar-refractivity contribution is 0.671. The molecule has 154 valence electrons. The van der Waals surface area contributed by atoms with Gasteiger partial charge in [-0.3, -0.25) is 0 Å². The predicted molar refractivity (Wildman–Crippen MR) is 137 cm³/mol. The summed E-state index contributed by atoms with van der Waals surface area (Å²) in [5, 5.41) is 7.22. The van der Waals surface area contributed by atoms with Crippen molar-refractivity contribution in [2.45, 2.75) is 0 Å². The number of furan rings is 1. The second-order valence-corrected chi connectivity index (χ2v) is 8.69. The van der Waals surface area contributed by atoms with Crippen LogP contribution in [0.1, 0.15) is 0 Å². The summed E-state index contributed by atoms with van der Waals surface area (Å²) in [4.78, 5) is 3.62. The number of nitrogens with zero attached hydrogens (tertiary/aromatic N) is 1. The van der Waals surface area contributed by atoms with E-state index in [4.69, 9.17) is 4.42 Å². The minimum atomic E-state index is 0.919. The van der Waals surface area contributed by atoms with Crippen molar-refractivity contribution in [1.82, 2.24) is 9.55 Å². The first-order valence-corrected chi connectivity index (χ1v) is 11.2. The Bertz CT molecular complexity index is 2020. The first-order valence-electron chi connectivity index (χ1n) is 11.2. The molecule has 0 fully saturated rings. The number of fused-ring (bicyclic) bond motifs is 10. The number of H-pyrrole nitrogens is 1. The summed E-state index contributed by atoms with van der Waals surface area (Å²) in [5.74, 6) is 0. The molecule has 0 saturated carbocycles. The number of rotatable bonds is 1. The van der Waals surface area contributed by atoms with Crippen LogP contribution in [-0.4, -0.2) is 9.55 Å². The highest BCUT2D eigenvalue weighted by atomic mass is 16.3. The van der Waals surface area contributed by atoms with E-state index in [1.165, 1.54) is 27.1 Å². The van der Waals surface area contributed by atoms with Crippen LogP contribution >= 0.6 is 0 Å². The molecule has 8 rings (SSSR count). The Balaban J connectivity index is 1.64. The molecule has 0 saturated heterocycles. The zero-order valence-corrected chi connectivity index (χ0v) is 17.7. The maximum absolute atomic E-state index is 6.48. The van der Waals surface area contributed by atoms with Crippen molar-refractivity contribution >= 4 is 65.6 Å². The topological polar surface area (TPSA) is 33.9 Å². The number of benzene rings is 5. The lowest BCUT2D eigenvalue weighted by Crippen LogP contribution is -1.93. The van der Waals surface area contributed by atoms with Crippen LogP contribution in [-0.2, 0) is 0 Å². The van der Waals surface area contributed by atoms with E-state index in [1.807, 2.05) is 12.1 Å². The molecule has 1 N–H and O–H groups in total. The van der Waals surface area contributed by atoms with Crippen LogP contribution in [0.4, 0.5) is 0 Å². The van der Waals surface area contributed by atoms with Gasteiger partial charge in [-0.15, -0.1) is 0 Å². The maximum atomic E-state index is 6.48. The molecule has 5 aromatic carbocycles. The van der Waals surface area contributed by atoms with E-state index >= 15 is 0 Å². The van der Waals surface area contributed by atoms with Crippen molar-refractivity contribution in [3.05, 3.63) is 103 Å². The molecule has 0 atom stereocenters. The Morgan fingerprint density at radius 1 is 0.545 bits per heavy atom. The van der Waals surface area contributed by atoms with Crippen molar-refractivity contribution in [3.63, 3.8) is 0 Å². The van der Waals surface area contributed by atoms with Gasteiger partial charge in [0, 0.05) is 49.0 Å². The standard InChI is InChI=1S/C30H18N2O/c1-2-8-18(9-3-1)32-27-17-26-23(19-10-4-6-12-25(19)31-26)16-24(27)21-14-15-22-20-11-5-7-13-28(20)33-30(22)29(21)32/h1-17,31H. The van der Waals surface area contributed by atoms with Gasteiger partial charge in [-0.05, 0) is 42.5 Å². The van der Waals surface area contributed by atoms with Gasteiger partial charge < -0.3 is 14.0 Å². The van der Waals surface area contributed by atoms with Gasteiger partial charge in [-0.2, -0.15) is 0 Å². The molecule has 3 aromatic heterocycles. The number of hydrogen-bond acceptors (Lipinski definition) is 1. The summed E-state index contributed by atoms with van der Waals surface area (Å²) in [5.41, 5.74) is 7.57. The Hall–Kier alpha value is -4.50.